The Morgan fingerprint density at radius 1 is 1.12 bits per heavy atom. The molecule has 3 atom stereocenters. The molecule has 0 bridgehead atoms. The molecule has 1 saturated carbocycles. The van der Waals surface area contributed by atoms with E-state index in [0.717, 1.165) is 12.8 Å². The van der Waals surface area contributed by atoms with Crippen molar-refractivity contribution in [2.24, 2.45) is 5.73 Å². The van der Waals surface area contributed by atoms with Crippen LogP contribution in [0.1, 0.15) is 12.8 Å². The second-order valence-corrected chi connectivity index (χ2v) is 3.97. The predicted octanol–water partition coefficient (Wildman–Crippen LogP) is 0.171. The van der Waals surface area contributed by atoms with E-state index in [1.54, 1.807) is 14.2 Å². The van der Waals surface area contributed by atoms with E-state index >= 15 is 0 Å². The lowest BCUT2D eigenvalue weighted by Crippen LogP contribution is -2.57. The molecular weight excluding hydrogens is 210 g/mol. The predicted molar refractivity (Wildman–Crippen MR) is 60.4 cm³/mol. The largest absolute Gasteiger partial charge is 0.382 e. The maximum Gasteiger partial charge on any atom is 0.0984 e. The van der Waals surface area contributed by atoms with E-state index in [-0.39, 0.29) is 18.2 Å². The zero-order chi connectivity index (χ0) is 11.8. The van der Waals surface area contributed by atoms with Gasteiger partial charge in [0.1, 0.15) is 0 Å². The summed E-state index contributed by atoms with van der Waals surface area (Å²) in [4.78, 5) is 0. The highest BCUT2D eigenvalue weighted by Crippen LogP contribution is 2.24. The normalized spacial score (nSPS) is 29.1. The molecule has 0 aromatic rings. The van der Waals surface area contributed by atoms with E-state index in [0.29, 0.717) is 26.4 Å². The van der Waals surface area contributed by atoms with E-state index < -0.39 is 0 Å². The molecule has 5 heteroatoms. The number of ether oxygens (including phenoxy) is 4. The van der Waals surface area contributed by atoms with Crippen LogP contribution in [0.3, 0.4) is 0 Å². The molecule has 1 aliphatic carbocycles. The van der Waals surface area contributed by atoms with Crippen LogP contribution in [0.2, 0.25) is 0 Å². The summed E-state index contributed by atoms with van der Waals surface area (Å²) in [7, 11) is 3.34. The summed E-state index contributed by atoms with van der Waals surface area (Å²) in [6.07, 6.45) is 2.02. The number of nitrogens with two attached hydrogens (primary N) is 1. The van der Waals surface area contributed by atoms with Crippen LogP contribution in [-0.4, -0.2) is 58.9 Å². The van der Waals surface area contributed by atoms with E-state index in [9.17, 15) is 0 Å². The summed E-state index contributed by atoms with van der Waals surface area (Å²) >= 11 is 0. The van der Waals surface area contributed by atoms with Crippen LogP contribution >= 0.6 is 0 Å². The summed E-state index contributed by atoms with van der Waals surface area (Å²) in [5.41, 5.74) is 5.77. The first-order valence-electron chi connectivity index (χ1n) is 5.76. The molecular formula is C11H23NO4. The maximum atomic E-state index is 5.77. The fourth-order valence-corrected chi connectivity index (χ4v) is 1.75. The molecule has 0 aromatic carbocycles. The quantitative estimate of drug-likeness (QED) is 0.575. The Bertz CT molecular complexity index is 179. The Morgan fingerprint density at radius 2 is 1.94 bits per heavy atom. The van der Waals surface area contributed by atoms with Gasteiger partial charge in [0.25, 0.3) is 0 Å². The second-order valence-electron chi connectivity index (χ2n) is 3.97. The van der Waals surface area contributed by atoms with Gasteiger partial charge in [-0.25, -0.2) is 0 Å². The Labute approximate surface area is 97.2 Å². The lowest BCUT2D eigenvalue weighted by molar-refractivity contribution is -0.127. The Morgan fingerprint density at radius 3 is 2.56 bits per heavy atom. The third-order valence-corrected chi connectivity index (χ3v) is 2.76. The summed E-state index contributed by atoms with van der Waals surface area (Å²) < 4.78 is 21.1. The number of hydrogen-bond donors (Lipinski definition) is 1. The van der Waals surface area contributed by atoms with Crippen molar-refractivity contribution >= 4 is 0 Å². The van der Waals surface area contributed by atoms with Crippen molar-refractivity contribution in [2.75, 3.05) is 40.6 Å². The summed E-state index contributed by atoms with van der Waals surface area (Å²) in [5, 5.41) is 0. The van der Waals surface area contributed by atoms with Gasteiger partial charge in [0.15, 0.2) is 0 Å². The molecule has 0 aromatic heterocycles. The Hall–Kier alpha value is -0.200. The van der Waals surface area contributed by atoms with Crippen LogP contribution in [0.25, 0.3) is 0 Å². The first-order valence-corrected chi connectivity index (χ1v) is 5.76. The third-order valence-electron chi connectivity index (χ3n) is 2.76. The van der Waals surface area contributed by atoms with Crippen LogP contribution in [-0.2, 0) is 18.9 Å². The third kappa shape index (κ3) is 4.35. The van der Waals surface area contributed by atoms with Crippen molar-refractivity contribution < 1.29 is 18.9 Å². The minimum atomic E-state index is 0.0643. The SMILES string of the molecule is COCCOCCCOC1CC(N)C1OC. The molecule has 1 rings (SSSR count). The van der Waals surface area contributed by atoms with E-state index in [4.69, 9.17) is 24.7 Å². The second kappa shape index (κ2) is 7.97. The van der Waals surface area contributed by atoms with Crippen molar-refractivity contribution in [3.05, 3.63) is 0 Å². The fraction of sp³-hybridized carbons (Fsp3) is 1.00. The number of rotatable bonds is 9. The molecule has 1 aliphatic rings. The lowest BCUT2D eigenvalue weighted by Gasteiger charge is -2.40. The van der Waals surface area contributed by atoms with Gasteiger partial charge in [-0.2, -0.15) is 0 Å². The molecule has 2 N–H and O–H groups in total. The van der Waals surface area contributed by atoms with Crippen molar-refractivity contribution in [3.63, 3.8) is 0 Å². The van der Waals surface area contributed by atoms with Gasteiger partial charge in [0.2, 0.25) is 0 Å². The van der Waals surface area contributed by atoms with Gasteiger partial charge >= 0.3 is 0 Å². The topological polar surface area (TPSA) is 62.9 Å². The van der Waals surface area contributed by atoms with Gasteiger partial charge < -0.3 is 24.7 Å². The zero-order valence-corrected chi connectivity index (χ0v) is 10.2. The van der Waals surface area contributed by atoms with E-state index in [1.165, 1.54) is 0 Å². The molecule has 3 unspecified atom stereocenters. The molecule has 16 heavy (non-hydrogen) atoms. The Balaban J connectivity index is 1.88. The molecule has 5 nitrogen and oxygen atoms in total. The molecule has 0 radical (unpaired) electrons. The molecule has 0 amide bonds. The molecule has 0 aliphatic heterocycles. The average molecular weight is 233 g/mol. The Kier molecular flexibility index (Phi) is 6.91. The van der Waals surface area contributed by atoms with Crippen LogP contribution in [0, 0.1) is 0 Å². The minimum Gasteiger partial charge on any atom is -0.382 e. The first-order chi connectivity index (χ1) is 7.79. The standard InChI is InChI=1S/C11H23NO4/c1-13-6-7-15-4-3-5-16-10-8-9(12)11(10)14-2/h9-11H,3-8,12H2,1-2H3. The van der Waals surface area contributed by atoms with Crippen molar-refractivity contribution in [2.45, 2.75) is 31.1 Å². The molecule has 0 heterocycles. The highest BCUT2D eigenvalue weighted by Gasteiger charge is 2.39. The van der Waals surface area contributed by atoms with Gasteiger partial charge in [-0.05, 0) is 12.8 Å². The summed E-state index contributed by atoms with van der Waals surface area (Å²) in [6.45, 7) is 2.69. The van der Waals surface area contributed by atoms with Crippen LogP contribution in [0.4, 0.5) is 0 Å². The first kappa shape index (κ1) is 13.9. The molecule has 96 valence electrons. The minimum absolute atomic E-state index is 0.0643. The van der Waals surface area contributed by atoms with E-state index in [1.807, 2.05) is 0 Å². The maximum absolute atomic E-state index is 5.77. The van der Waals surface area contributed by atoms with Crippen molar-refractivity contribution in [1.29, 1.82) is 0 Å². The number of methoxy groups -OCH3 is 2. The van der Waals surface area contributed by atoms with Crippen LogP contribution < -0.4 is 5.73 Å². The van der Waals surface area contributed by atoms with Gasteiger partial charge in [-0.3, -0.25) is 0 Å². The van der Waals surface area contributed by atoms with E-state index in [2.05, 4.69) is 0 Å². The van der Waals surface area contributed by atoms with Crippen molar-refractivity contribution in [1.82, 2.24) is 0 Å². The zero-order valence-electron chi connectivity index (χ0n) is 10.2. The van der Waals surface area contributed by atoms with Gasteiger partial charge in [-0.1, -0.05) is 0 Å². The highest BCUT2D eigenvalue weighted by molar-refractivity contribution is 4.94. The van der Waals surface area contributed by atoms with Crippen molar-refractivity contribution in [3.8, 4) is 0 Å². The monoisotopic (exact) mass is 233 g/mol. The smallest absolute Gasteiger partial charge is 0.0984 e. The number of hydrogen-bond acceptors (Lipinski definition) is 5. The average Bonchev–Trinajstić information content (AvgIpc) is 2.26. The van der Waals surface area contributed by atoms with Gasteiger partial charge in [-0.15, -0.1) is 0 Å². The summed E-state index contributed by atoms with van der Waals surface area (Å²) in [5.74, 6) is 0. The van der Waals surface area contributed by atoms with Gasteiger partial charge in [0, 0.05) is 33.5 Å². The lowest BCUT2D eigenvalue weighted by atomic mass is 9.86. The van der Waals surface area contributed by atoms with Crippen LogP contribution in [0.15, 0.2) is 0 Å². The fourth-order valence-electron chi connectivity index (χ4n) is 1.75. The van der Waals surface area contributed by atoms with Gasteiger partial charge in [0.05, 0.1) is 25.4 Å². The highest BCUT2D eigenvalue weighted by atomic mass is 16.5. The summed E-state index contributed by atoms with van der Waals surface area (Å²) in [6, 6.07) is 0.132. The molecule has 1 fully saturated rings. The molecule has 0 saturated heterocycles. The van der Waals surface area contributed by atoms with Crippen LogP contribution in [0.5, 0.6) is 0 Å². The molecule has 0 spiro atoms.